The van der Waals surface area contributed by atoms with Crippen molar-refractivity contribution >= 4 is 29.1 Å². The first-order chi connectivity index (χ1) is 7.48. The van der Waals surface area contributed by atoms with Crippen LogP contribution in [0.15, 0.2) is 0 Å². The van der Waals surface area contributed by atoms with E-state index in [1.54, 1.807) is 6.92 Å². The molecule has 1 rings (SSSR count). The average molecular weight is 282 g/mol. The molecule has 100 valence electrons. The molecule has 1 aliphatic rings. The third kappa shape index (κ3) is 3.73. The zero-order chi connectivity index (χ0) is 13.5. The van der Waals surface area contributed by atoms with Crippen LogP contribution < -0.4 is 5.32 Å². The average Bonchev–Trinajstić information content (AvgIpc) is 2.60. The van der Waals surface area contributed by atoms with Gasteiger partial charge in [-0.1, -0.05) is 20.8 Å². The van der Waals surface area contributed by atoms with Crippen molar-refractivity contribution in [3.05, 3.63) is 0 Å². The Bertz CT molecular complexity index is 312. The SMILES string of the molecule is CC(C)(C)CC(O)CNC(=O)C1(C)CC1(Cl)Cl. The van der Waals surface area contributed by atoms with Gasteiger partial charge in [0.15, 0.2) is 0 Å². The predicted molar refractivity (Wildman–Crippen MR) is 70.2 cm³/mol. The number of carbonyl (C=O) groups is 1. The molecule has 0 saturated heterocycles. The molecule has 5 heteroatoms. The molecule has 1 fully saturated rings. The molecular formula is C12H21Cl2NO2. The van der Waals surface area contributed by atoms with Gasteiger partial charge in [-0.05, 0) is 25.2 Å². The monoisotopic (exact) mass is 281 g/mol. The minimum absolute atomic E-state index is 0.0381. The number of aliphatic hydroxyl groups excluding tert-OH is 1. The molecule has 2 unspecified atom stereocenters. The van der Waals surface area contributed by atoms with Gasteiger partial charge in [0.25, 0.3) is 0 Å². The fourth-order valence-electron chi connectivity index (χ4n) is 1.83. The number of carbonyl (C=O) groups excluding carboxylic acids is 1. The van der Waals surface area contributed by atoms with Crippen molar-refractivity contribution in [2.75, 3.05) is 6.54 Å². The Morgan fingerprint density at radius 1 is 1.47 bits per heavy atom. The molecule has 0 heterocycles. The number of nitrogens with one attached hydrogen (secondary N) is 1. The summed E-state index contributed by atoms with van der Waals surface area (Å²) in [6, 6.07) is 0. The fraction of sp³-hybridized carbons (Fsp3) is 0.917. The van der Waals surface area contributed by atoms with Crippen LogP contribution in [-0.4, -0.2) is 28.0 Å². The molecule has 1 amide bonds. The number of rotatable bonds is 4. The summed E-state index contributed by atoms with van der Waals surface area (Å²) in [5.74, 6) is -0.185. The van der Waals surface area contributed by atoms with Gasteiger partial charge in [0.05, 0.1) is 11.5 Å². The van der Waals surface area contributed by atoms with Gasteiger partial charge in [0.1, 0.15) is 4.33 Å². The van der Waals surface area contributed by atoms with Gasteiger partial charge >= 0.3 is 0 Å². The summed E-state index contributed by atoms with van der Waals surface area (Å²) in [6.07, 6.45) is 0.558. The maximum Gasteiger partial charge on any atom is 0.229 e. The molecule has 2 N–H and O–H groups in total. The highest BCUT2D eigenvalue weighted by atomic mass is 35.5. The minimum atomic E-state index is -0.952. The van der Waals surface area contributed by atoms with Crippen LogP contribution in [0.4, 0.5) is 0 Å². The molecule has 3 nitrogen and oxygen atoms in total. The molecule has 2 atom stereocenters. The second-order valence-corrected chi connectivity index (χ2v) is 7.83. The lowest BCUT2D eigenvalue weighted by molar-refractivity contribution is -0.126. The molecule has 1 saturated carbocycles. The van der Waals surface area contributed by atoms with Gasteiger partial charge in [-0.3, -0.25) is 4.79 Å². The molecule has 0 aliphatic heterocycles. The van der Waals surface area contributed by atoms with Crippen LogP contribution in [0.2, 0.25) is 0 Å². The zero-order valence-corrected chi connectivity index (χ0v) is 12.3. The van der Waals surface area contributed by atoms with E-state index in [-0.39, 0.29) is 17.9 Å². The highest BCUT2D eigenvalue weighted by molar-refractivity contribution is 6.53. The lowest BCUT2D eigenvalue weighted by atomic mass is 9.89. The molecule has 0 aromatic rings. The van der Waals surface area contributed by atoms with Crippen LogP contribution in [0.1, 0.15) is 40.5 Å². The Kier molecular flexibility index (Phi) is 4.08. The number of hydrogen-bond donors (Lipinski definition) is 2. The van der Waals surface area contributed by atoms with E-state index in [0.717, 1.165) is 0 Å². The van der Waals surface area contributed by atoms with E-state index >= 15 is 0 Å². The largest absolute Gasteiger partial charge is 0.391 e. The van der Waals surface area contributed by atoms with Crippen molar-refractivity contribution in [1.82, 2.24) is 5.32 Å². The second kappa shape index (κ2) is 4.60. The lowest BCUT2D eigenvalue weighted by Gasteiger charge is -2.23. The van der Waals surface area contributed by atoms with Crippen molar-refractivity contribution in [3.8, 4) is 0 Å². The van der Waals surface area contributed by atoms with E-state index in [0.29, 0.717) is 12.8 Å². The van der Waals surface area contributed by atoms with Crippen molar-refractivity contribution in [2.45, 2.75) is 51.0 Å². The standard InChI is InChI=1S/C12H21Cl2NO2/c1-10(2,3)5-8(16)6-15-9(17)11(4)7-12(11,13)14/h8,16H,5-7H2,1-4H3,(H,15,17). The molecule has 17 heavy (non-hydrogen) atoms. The Morgan fingerprint density at radius 2 is 1.94 bits per heavy atom. The van der Waals surface area contributed by atoms with E-state index in [4.69, 9.17) is 23.2 Å². The summed E-state index contributed by atoms with van der Waals surface area (Å²) < 4.78 is -0.952. The smallest absolute Gasteiger partial charge is 0.229 e. The Balaban J connectivity index is 2.35. The number of amides is 1. The van der Waals surface area contributed by atoms with Crippen LogP contribution >= 0.6 is 23.2 Å². The first kappa shape index (κ1) is 15.1. The lowest BCUT2D eigenvalue weighted by Crippen LogP contribution is -2.39. The fourth-order valence-corrected chi connectivity index (χ4v) is 2.54. The molecule has 0 aromatic heterocycles. The third-order valence-electron chi connectivity index (χ3n) is 3.11. The summed E-state index contributed by atoms with van der Waals surface area (Å²) in [7, 11) is 0. The van der Waals surface area contributed by atoms with Gasteiger partial charge < -0.3 is 10.4 Å². The number of hydrogen-bond acceptors (Lipinski definition) is 2. The molecule has 0 bridgehead atoms. The van der Waals surface area contributed by atoms with Crippen LogP contribution in [-0.2, 0) is 4.79 Å². The van der Waals surface area contributed by atoms with Crippen LogP contribution in [0.25, 0.3) is 0 Å². The van der Waals surface area contributed by atoms with Gasteiger partial charge in [0, 0.05) is 6.54 Å². The second-order valence-electron chi connectivity index (χ2n) is 6.34. The van der Waals surface area contributed by atoms with Crippen LogP contribution in [0, 0.1) is 10.8 Å². The maximum atomic E-state index is 11.8. The summed E-state index contributed by atoms with van der Waals surface area (Å²) in [5.41, 5.74) is -0.673. The first-order valence-electron chi connectivity index (χ1n) is 5.82. The van der Waals surface area contributed by atoms with E-state index in [9.17, 15) is 9.90 Å². The molecule has 0 spiro atoms. The van der Waals surface area contributed by atoms with E-state index < -0.39 is 15.9 Å². The predicted octanol–water partition coefficient (Wildman–Crippen LogP) is 2.48. The zero-order valence-electron chi connectivity index (χ0n) is 10.8. The van der Waals surface area contributed by atoms with Gasteiger partial charge in [-0.25, -0.2) is 0 Å². The highest BCUT2D eigenvalue weighted by Crippen LogP contribution is 2.63. The van der Waals surface area contributed by atoms with Gasteiger partial charge in [-0.2, -0.15) is 0 Å². The quantitative estimate of drug-likeness (QED) is 0.778. The third-order valence-corrected chi connectivity index (χ3v) is 4.21. The van der Waals surface area contributed by atoms with Crippen LogP contribution in [0.3, 0.4) is 0 Å². The molecule has 0 aromatic carbocycles. The number of aliphatic hydroxyl groups is 1. The van der Waals surface area contributed by atoms with Crippen molar-refractivity contribution in [1.29, 1.82) is 0 Å². The normalized spacial score (nSPS) is 28.6. The van der Waals surface area contributed by atoms with E-state index in [1.807, 2.05) is 20.8 Å². The van der Waals surface area contributed by atoms with Gasteiger partial charge in [-0.15, -0.1) is 23.2 Å². The summed E-state index contributed by atoms with van der Waals surface area (Å²) >= 11 is 11.8. The number of halogens is 2. The first-order valence-corrected chi connectivity index (χ1v) is 6.58. The Labute approximate surface area is 113 Å². The summed E-state index contributed by atoms with van der Waals surface area (Å²) in [6.45, 7) is 8.11. The topological polar surface area (TPSA) is 49.3 Å². The molecule has 0 radical (unpaired) electrons. The highest BCUT2D eigenvalue weighted by Gasteiger charge is 2.67. The molecule has 1 aliphatic carbocycles. The van der Waals surface area contributed by atoms with E-state index in [2.05, 4.69) is 5.32 Å². The number of alkyl halides is 2. The van der Waals surface area contributed by atoms with Crippen molar-refractivity contribution in [2.24, 2.45) is 10.8 Å². The minimum Gasteiger partial charge on any atom is -0.391 e. The van der Waals surface area contributed by atoms with E-state index in [1.165, 1.54) is 0 Å². The Hall–Kier alpha value is 0.01000. The Morgan fingerprint density at radius 3 is 2.29 bits per heavy atom. The molecular weight excluding hydrogens is 261 g/mol. The summed E-state index contributed by atoms with van der Waals surface area (Å²) in [5, 5.41) is 12.5. The van der Waals surface area contributed by atoms with Gasteiger partial charge in [0.2, 0.25) is 5.91 Å². The summed E-state index contributed by atoms with van der Waals surface area (Å²) in [4.78, 5) is 11.8. The van der Waals surface area contributed by atoms with Crippen molar-refractivity contribution < 1.29 is 9.90 Å². The van der Waals surface area contributed by atoms with Crippen molar-refractivity contribution in [3.63, 3.8) is 0 Å². The van der Waals surface area contributed by atoms with Crippen LogP contribution in [0.5, 0.6) is 0 Å². The maximum absolute atomic E-state index is 11.8.